The molecule has 1 amide bonds. The van der Waals surface area contributed by atoms with Crippen molar-refractivity contribution in [1.29, 1.82) is 0 Å². The zero-order valence-electron chi connectivity index (χ0n) is 12.0. The number of carbonyl (C=O) groups excluding carboxylic acids is 1. The van der Waals surface area contributed by atoms with Crippen LogP contribution in [-0.2, 0) is 11.0 Å². The second-order valence-electron chi connectivity index (χ2n) is 5.40. The van der Waals surface area contributed by atoms with Gasteiger partial charge in [-0.15, -0.1) is 0 Å². The fraction of sp³-hybridized carbons (Fsp3) is 0.312. The number of carbonyl (C=O) groups is 1. The van der Waals surface area contributed by atoms with E-state index in [9.17, 15) is 18.0 Å². The number of nitrogens with zero attached hydrogens (tertiary/aromatic N) is 1. The van der Waals surface area contributed by atoms with E-state index in [-0.39, 0.29) is 5.91 Å². The molecule has 1 aromatic carbocycles. The lowest BCUT2D eigenvalue weighted by Crippen LogP contribution is -2.32. The number of alkyl halides is 3. The molecule has 0 aliphatic carbocycles. The number of aromatic amines is 1. The van der Waals surface area contributed by atoms with E-state index in [4.69, 9.17) is 0 Å². The van der Waals surface area contributed by atoms with Crippen molar-refractivity contribution in [1.82, 2.24) is 9.88 Å². The van der Waals surface area contributed by atoms with E-state index in [0.717, 1.165) is 17.2 Å². The third-order valence-corrected chi connectivity index (χ3v) is 4.01. The molecule has 1 aromatic heterocycles. The van der Waals surface area contributed by atoms with Crippen molar-refractivity contribution in [3.8, 4) is 0 Å². The van der Waals surface area contributed by atoms with E-state index in [1.807, 2.05) is 6.08 Å². The minimum atomic E-state index is -4.35. The molecule has 0 bridgehead atoms. The topological polar surface area (TPSA) is 36.1 Å². The van der Waals surface area contributed by atoms with Crippen LogP contribution >= 0.6 is 0 Å². The minimum Gasteiger partial charge on any atom is -0.361 e. The van der Waals surface area contributed by atoms with Crippen LogP contribution in [0.3, 0.4) is 0 Å². The van der Waals surface area contributed by atoms with Gasteiger partial charge in [-0.2, -0.15) is 13.2 Å². The molecule has 0 saturated carbocycles. The third kappa shape index (κ3) is 2.61. The van der Waals surface area contributed by atoms with Crippen LogP contribution in [0.25, 0.3) is 16.5 Å². The van der Waals surface area contributed by atoms with Gasteiger partial charge in [0.2, 0.25) is 5.91 Å². The fourth-order valence-corrected chi connectivity index (χ4v) is 2.76. The predicted molar refractivity (Wildman–Crippen MR) is 78.1 cm³/mol. The molecule has 3 nitrogen and oxygen atoms in total. The molecule has 3 rings (SSSR count). The van der Waals surface area contributed by atoms with Gasteiger partial charge in [0.1, 0.15) is 0 Å². The number of aromatic nitrogens is 1. The van der Waals surface area contributed by atoms with Crippen LogP contribution in [0.4, 0.5) is 13.2 Å². The first-order chi connectivity index (χ1) is 10.4. The second kappa shape index (κ2) is 5.19. The molecule has 1 aliphatic rings. The summed E-state index contributed by atoms with van der Waals surface area (Å²) < 4.78 is 38.6. The van der Waals surface area contributed by atoms with Gasteiger partial charge in [0, 0.05) is 42.7 Å². The van der Waals surface area contributed by atoms with E-state index in [1.165, 1.54) is 19.1 Å². The Morgan fingerprint density at radius 1 is 1.32 bits per heavy atom. The molecule has 1 aliphatic heterocycles. The Morgan fingerprint density at radius 3 is 2.68 bits per heavy atom. The van der Waals surface area contributed by atoms with Crippen LogP contribution in [0, 0.1) is 0 Å². The number of H-pyrrole nitrogens is 1. The van der Waals surface area contributed by atoms with Gasteiger partial charge in [-0.1, -0.05) is 6.08 Å². The smallest absolute Gasteiger partial charge is 0.361 e. The molecule has 0 radical (unpaired) electrons. The molecule has 2 aromatic rings. The van der Waals surface area contributed by atoms with Crippen LogP contribution in [0.1, 0.15) is 24.5 Å². The van der Waals surface area contributed by atoms with E-state index >= 15 is 0 Å². The lowest BCUT2D eigenvalue weighted by molar-refractivity contribution is -0.137. The highest BCUT2D eigenvalue weighted by Crippen LogP contribution is 2.35. The van der Waals surface area contributed by atoms with E-state index in [1.54, 1.807) is 11.1 Å². The molecule has 0 fully saturated rings. The quantitative estimate of drug-likeness (QED) is 0.854. The molecular weight excluding hydrogens is 293 g/mol. The van der Waals surface area contributed by atoms with Crippen LogP contribution < -0.4 is 0 Å². The third-order valence-electron chi connectivity index (χ3n) is 4.01. The maximum absolute atomic E-state index is 12.9. The summed E-state index contributed by atoms with van der Waals surface area (Å²) in [6.07, 6.45) is -0.0637. The number of nitrogens with one attached hydrogen (secondary N) is 1. The van der Waals surface area contributed by atoms with Gasteiger partial charge in [-0.3, -0.25) is 4.79 Å². The summed E-state index contributed by atoms with van der Waals surface area (Å²) >= 11 is 0. The van der Waals surface area contributed by atoms with Gasteiger partial charge in [0.15, 0.2) is 0 Å². The van der Waals surface area contributed by atoms with Crippen molar-refractivity contribution in [2.45, 2.75) is 19.5 Å². The molecule has 0 atom stereocenters. The normalized spacial score (nSPS) is 16.0. The Labute approximate surface area is 125 Å². The Hall–Kier alpha value is -2.24. The number of hydrogen-bond donors (Lipinski definition) is 1. The predicted octanol–water partition coefficient (Wildman–Crippen LogP) is 3.82. The van der Waals surface area contributed by atoms with Crippen LogP contribution in [0.2, 0.25) is 0 Å². The maximum atomic E-state index is 12.9. The Kier molecular flexibility index (Phi) is 3.47. The largest absolute Gasteiger partial charge is 0.416 e. The highest BCUT2D eigenvalue weighted by atomic mass is 19.4. The van der Waals surface area contributed by atoms with Crippen molar-refractivity contribution in [3.05, 3.63) is 41.6 Å². The van der Waals surface area contributed by atoms with Crippen molar-refractivity contribution < 1.29 is 18.0 Å². The average Bonchev–Trinajstić information content (AvgIpc) is 2.89. The Bertz CT molecular complexity index is 758. The molecule has 0 saturated heterocycles. The first-order valence-electron chi connectivity index (χ1n) is 6.99. The molecule has 116 valence electrons. The minimum absolute atomic E-state index is 0.00795. The molecule has 0 spiro atoms. The highest BCUT2D eigenvalue weighted by Gasteiger charge is 2.31. The number of amides is 1. The summed E-state index contributed by atoms with van der Waals surface area (Å²) in [7, 11) is 0. The van der Waals surface area contributed by atoms with E-state index < -0.39 is 11.7 Å². The van der Waals surface area contributed by atoms with Crippen molar-refractivity contribution >= 4 is 22.4 Å². The van der Waals surface area contributed by atoms with Gasteiger partial charge < -0.3 is 9.88 Å². The first kappa shape index (κ1) is 14.7. The lowest BCUT2D eigenvalue weighted by atomic mass is 9.98. The van der Waals surface area contributed by atoms with Crippen molar-refractivity contribution in [2.75, 3.05) is 13.1 Å². The molecule has 1 N–H and O–H groups in total. The monoisotopic (exact) mass is 308 g/mol. The van der Waals surface area contributed by atoms with Crippen LogP contribution in [-0.4, -0.2) is 28.9 Å². The van der Waals surface area contributed by atoms with E-state index in [2.05, 4.69) is 4.98 Å². The Morgan fingerprint density at radius 2 is 2.09 bits per heavy atom. The molecule has 6 heteroatoms. The van der Waals surface area contributed by atoms with Gasteiger partial charge >= 0.3 is 6.18 Å². The summed E-state index contributed by atoms with van der Waals surface area (Å²) in [5.74, 6) is 0.00795. The van der Waals surface area contributed by atoms with Crippen LogP contribution in [0.5, 0.6) is 0 Å². The summed E-state index contributed by atoms with van der Waals surface area (Å²) in [4.78, 5) is 16.0. The Balaban J connectivity index is 2.00. The number of hydrogen-bond acceptors (Lipinski definition) is 1. The highest BCUT2D eigenvalue weighted by molar-refractivity contribution is 5.93. The SMILES string of the molecule is CC(=O)N1CC=C(c2c[nH]c3ccc(C(F)(F)F)cc23)CC1. The van der Waals surface area contributed by atoms with Gasteiger partial charge in [-0.05, 0) is 30.2 Å². The van der Waals surface area contributed by atoms with Crippen LogP contribution in [0.15, 0.2) is 30.5 Å². The number of fused-ring (bicyclic) bond motifs is 1. The van der Waals surface area contributed by atoms with Gasteiger partial charge in [0.05, 0.1) is 5.56 Å². The second-order valence-corrected chi connectivity index (χ2v) is 5.40. The first-order valence-corrected chi connectivity index (χ1v) is 6.99. The van der Waals surface area contributed by atoms with Crippen molar-refractivity contribution in [2.24, 2.45) is 0 Å². The average molecular weight is 308 g/mol. The maximum Gasteiger partial charge on any atom is 0.416 e. The van der Waals surface area contributed by atoms with Crippen molar-refractivity contribution in [3.63, 3.8) is 0 Å². The molecule has 22 heavy (non-hydrogen) atoms. The zero-order chi connectivity index (χ0) is 15.9. The number of rotatable bonds is 1. The molecular formula is C16H15F3N2O. The summed E-state index contributed by atoms with van der Waals surface area (Å²) in [5, 5.41) is 0.567. The number of benzene rings is 1. The number of halogens is 3. The zero-order valence-corrected chi connectivity index (χ0v) is 12.0. The fourth-order valence-electron chi connectivity index (χ4n) is 2.76. The van der Waals surface area contributed by atoms with E-state index in [0.29, 0.717) is 30.4 Å². The van der Waals surface area contributed by atoms with Gasteiger partial charge in [0.25, 0.3) is 0 Å². The van der Waals surface area contributed by atoms with Gasteiger partial charge in [-0.25, -0.2) is 0 Å². The molecule has 2 heterocycles. The summed E-state index contributed by atoms with van der Waals surface area (Å²) in [6, 6.07) is 3.71. The summed E-state index contributed by atoms with van der Waals surface area (Å²) in [6.45, 7) is 2.60. The molecule has 0 unspecified atom stereocenters. The summed E-state index contributed by atoms with van der Waals surface area (Å²) in [5.41, 5.74) is 1.79. The lowest BCUT2D eigenvalue weighted by Gasteiger charge is -2.25. The standard InChI is InChI=1S/C16H15F3N2O/c1-10(22)21-6-4-11(5-7-21)14-9-20-15-3-2-12(8-13(14)15)16(17,18)19/h2-4,8-9,20H,5-7H2,1H3.